The molecule has 0 aliphatic carbocycles. The van der Waals surface area contributed by atoms with Crippen LogP contribution in [0.15, 0.2) is 47.0 Å². The molecule has 4 aromatic rings. The summed E-state index contributed by atoms with van der Waals surface area (Å²) in [5.41, 5.74) is 2.64. The second-order valence-corrected chi connectivity index (χ2v) is 6.30. The zero-order chi connectivity index (χ0) is 20.4. The van der Waals surface area contributed by atoms with Crippen LogP contribution in [0.4, 0.5) is 4.39 Å². The van der Waals surface area contributed by atoms with E-state index in [-0.39, 0.29) is 5.82 Å². The molecule has 0 saturated heterocycles. The van der Waals surface area contributed by atoms with Crippen molar-refractivity contribution in [1.82, 2.24) is 25.1 Å². The average Bonchev–Trinajstić information content (AvgIpc) is 3.35. The fraction of sp³-hybridized carbons (Fsp3) is 0.200. The van der Waals surface area contributed by atoms with Crippen molar-refractivity contribution in [3.8, 4) is 34.5 Å². The molecule has 0 N–H and O–H groups in total. The topological polar surface area (TPSA) is 88.1 Å². The van der Waals surface area contributed by atoms with E-state index in [1.807, 2.05) is 13.0 Å². The lowest BCUT2D eigenvalue weighted by atomic mass is 10.2. The molecular formula is C20H18FN5O3. The highest BCUT2D eigenvalue weighted by molar-refractivity contribution is 5.66. The van der Waals surface area contributed by atoms with E-state index in [1.165, 1.54) is 12.1 Å². The van der Waals surface area contributed by atoms with Crippen molar-refractivity contribution in [2.75, 3.05) is 14.2 Å². The van der Waals surface area contributed by atoms with Gasteiger partial charge in [0.25, 0.3) is 5.89 Å². The summed E-state index contributed by atoms with van der Waals surface area (Å²) in [6.45, 7) is 2.23. The molecule has 0 spiro atoms. The number of rotatable bonds is 6. The Balaban J connectivity index is 1.63. The molecule has 0 saturated carbocycles. The number of aromatic nitrogens is 5. The summed E-state index contributed by atoms with van der Waals surface area (Å²) in [5, 5.41) is 12.3. The van der Waals surface area contributed by atoms with Crippen molar-refractivity contribution >= 4 is 0 Å². The van der Waals surface area contributed by atoms with Crippen molar-refractivity contribution in [3.05, 3.63) is 59.5 Å². The standard InChI is InChI=1S/C20H18FN5O3/c1-12-18(23-25-26(12)11-13-5-4-6-14(21)9-13)19-22-20(29-24-19)16-8-7-15(27-2)10-17(16)28-3/h4-10H,11H2,1-3H3. The lowest BCUT2D eigenvalue weighted by Crippen LogP contribution is -2.04. The lowest BCUT2D eigenvalue weighted by molar-refractivity contribution is 0.391. The third kappa shape index (κ3) is 3.66. The second-order valence-electron chi connectivity index (χ2n) is 6.30. The number of hydrogen-bond donors (Lipinski definition) is 0. The second kappa shape index (κ2) is 7.70. The number of ether oxygens (including phenoxy) is 2. The summed E-state index contributed by atoms with van der Waals surface area (Å²) >= 11 is 0. The first-order valence-electron chi connectivity index (χ1n) is 8.80. The molecule has 2 aromatic heterocycles. The third-order valence-corrected chi connectivity index (χ3v) is 4.48. The van der Waals surface area contributed by atoms with Gasteiger partial charge in [0.1, 0.15) is 17.3 Å². The van der Waals surface area contributed by atoms with E-state index in [4.69, 9.17) is 14.0 Å². The van der Waals surface area contributed by atoms with Crippen molar-refractivity contribution in [1.29, 1.82) is 0 Å². The first-order valence-corrected chi connectivity index (χ1v) is 8.80. The Hall–Kier alpha value is -3.75. The Morgan fingerprint density at radius 2 is 1.97 bits per heavy atom. The summed E-state index contributed by atoms with van der Waals surface area (Å²) < 4.78 is 31.1. The van der Waals surface area contributed by atoms with Crippen LogP contribution in [-0.2, 0) is 6.54 Å². The fourth-order valence-electron chi connectivity index (χ4n) is 2.93. The zero-order valence-electron chi connectivity index (χ0n) is 16.1. The van der Waals surface area contributed by atoms with Crippen LogP contribution in [0, 0.1) is 12.7 Å². The van der Waals surface area contributed by atoms with Crippen LogP contribution in [0.25, 0.3) is 23.0 Å². The predicted molar refractivity (Wildman–Crippen MR) is 102 cm³/mol. The number of methoxy groups -OCH3 is 2. The van der Waals surface area contributed by atoms with Gasteiger partial charge in [0.15, 0.2) is 5.69 Å². The Morgan fingerprint density at radius 1 is 1.10 bits per heavy atom. The Kier molecular flexibility index (Phi) is 4.94. The highest BCUT2D eigenvalue weighted by Gasteiger charge is 2.20. The van der Waals surface area contributed by atoms with Gasteiger partial charge < -0.3 is 14.0 Å². The highest BCUT2D eigenvalue weighted by Crippen LogP contribution is 2.33. The molecule has 0 amide bonds. The molecule has 0 aliphatic heterocycles. The summed E-state index contributed by atoms with van der Waals surface area (Å²) in [5.74, 6) is 1.50. The minimum absolute atomic E-state index is 0.290. The van der Waals surface area contributed by atoms with E-state index in [0.717, 1.165) is 11.3 Å². The smallest absolute Gasteiger partial charge is 0.262 e. The first-order chi connectivity index (χ1) is 14.1. The third-order valence-electron chi connectivity index (χ3n) is 4.48. The number of halogens is 1. The van der Waals surface area contributed by atoms with E-state index in [0.29, 0.717) is 41.0 Å². The maximum atomic E-state index is 13.4. The van der Waals surface area contributed by atoms with Crippen molar-refractivity contribution in [2.45, 2.75) is 13.5 Å². The minimum Gasteiger partial charge on any atom is -0.497 e. The van der Waals surface area contributed by atoms with Gasteiger partial charge in [0.05, 0.1) is 32.0 Å². The fourth-order valence-corrected chi connectivity index (χ4v) is 2.93. The molecule has 148 valence electrons. The average molecular weight is 395 g/mol. The van der Waals surface area contributed by atoms with Crippen LogP contribution in [0.5, 0.6) is 11.5 Å². The van der Waals surface area contributed by atoms with Crippen molar-refractivity contribution in [2.24, 2.45) is 0 Å². The summed E-state index contributed by atoms with van der Waals surface area (Å²) in [6.07, 6.45) is 0. The van der Waals surface area contributed by atoms with Gasteiger partial charge >= 0.3 is 0 Å². The molecule has 0 fully saturated rings. The quantitative estimate of drug-likeness (QED) is 0.494. The predicted octanol–water partition coefficient (Wildman–Crippen LogP) is 3.51. The maximum Gasteiger partial charge on any atom is 0.262 e. The van der Waals surface area contributed by atoms with Gasteiger partial charge in [0, 0.05) is 6.07 Å². The summed E-state index contributed by atoms with van der Waals surface area (Å²) in [6, 6.07) is 11.6. The summed E-state index contributed by atoms with van der Waals surface area (Å²) in [7, 11) is 3.13. The van der Waals surface area contributed by atoms with Gasteiger partial charge in [-0.15, -0.1) is 5.10 Å². The molecule has 2 heterocycles. The van der Waals surface area contributed by atoms with E-state index in [1.54, 1.807) is 43.2 Å². The lowest BCUT2D eigenvalue weighted by Gasteiger charge is -2.06. The van der Waals surface area contributed by atoms with Crippen molar-refractivity contribution < 1.29 is 18.4 Å². The van der Waals surface area contributed by atoms with Crippen LogP contribution in [0.2, 0.25) is 0 Å². The van der Waals surface area contributed by atoms with Gasteiger partial charge in [0.2, 0.25) is 5.82 Å². The molecule has 9 heteroatoms. The highest BCUT2D eigenvalue weighted by atomic mass is 19.1. The number of nitrogens with zero attached hydrogens (tertiary/aromatic N) is 5. The van der Waals surface area contributed by atoms with E-state index in [9.17, 15) is 4.39 Å². The molecule has 8 nitrogen and oxygen atoms in total. The minimum atomic E-state index is -0.295. The van der Waals surface area contributed by atoms with Gasteiger partial charge in [-0.3, -0.25) is 0 Å². The largest absolute Gasteiger partial charge is 0.497 e. The van der Waals surface area contributed by atoms with Crippen LogP contribution in [-0.4, -0.2) is 39.4 Å². The maximum absolute atomic E-state index is 13.4. The normalized spacial score (nSPS) is 10.9. The SMILES string of the molecule is COc1ccc(-c2nc(-c3nnn(Cc4cccc(F)c4)c3C)no2)c(OC)c1. The van der Waals surface area contributed by atoms with E-state index < -0.39 is 0 Å². The van der Waals surface area contributed by atoms with Crippen LogP contribution in [0.3, 0.4) is 0 Å². The van der Waals surface area contributed by atoms with E-state index >= 15 is 0 Å². The number of hydrogen-bond acceptors (Lipinski definition) is 7. The molecule has 0 atom stereocenters. The van der Waals surface area contributed by atoms with Crippen LogP contribution in [0.1, 0.15) is 11.3 Å². The zero-order valence-corrected chi connectivity index (χ0v) is 16.1. The molecule has 2 aromatic carbocycles. The van der Waals surface area contributed by atoms with Gasteiger partial charge in [-0.2, -0.15) is 4.98 Å². The molecule has 0 radical (unpaired) electrons. The van der Waals surface area contributed by atoms with Crippen molar-refractivity contribution in [3.63, 3.8) is 0 Å². The van der Waals surface area contributed by atoms with Gasteiger partial charge in [-0.1, -0.05) is 22.5 Å². The Bertz CT molecular complexity index is 1150. The first kappa shape index (κ1) is 18.6. The molecular weight excluding hydrogens is 377 g/mol. The molecule has 0 bridgehead atoms. The molecule has 4 rings (SSSR count). The molecule has 0 aliphatic rings. The number of benzene rings is 2. The summed E-state index contributed by atoms with van der Waals surface area (Å²) in [4.78, 5) is 4.44. The van der Waals surface area contributed by atoms with Crippen LogP contribution >= 0.6 is 0 Å². The van der Waals surface area contributed by atoms with E-state index in [2.05, 4.69) is 20.5 Å². The molecule has 29 heavy (non-hydrogen) atoms. The Morgan fingerprint density at radius 3 is 2.72 bits per heavy atom. The van der Waals surface area contributed by atoms with Gasteiger partial charge in [-0.25, -0.2) is 9.07 Å². The van der Waals surface area contributed by atoms with Crippen LogP contribution < -0.4 is 9.47 Å². The molecule has 0 unspecified atom stereocenters. The van der Waals surface area contributed by atoms with Gasteiger partial charge in [-0.05, 0) is 36.8 Å². The Labute approximate surface area is 165 Å². The monoisotopic (exact) mass is 395 g/mol.